The van der Waals surface area contributed by atoms with Crippen molar-refractivity contribution < 1.29 is 0 Å². The summed E-state index contributed by atoms with van der Waals surface area (Å²) in [6.07, 6.45) is 8.43. The van der Waals surface area contributed by atoms with E-state index in [1.165, 1.54) is 0 Å². The van der Waals surface area contributed by atoms with Crippen molar-refractivity contribution in [3.05, 3.63) is 24.3 Å². The molecule has 0 aliphatic carbocycles. The Bertz CT molecular complexity index is 134. The molecule has 1 atom stereocenters. The summed E-state index contributed by atoms with van der Waals surface area (Å²) < 4.78 is 0. The van der Waals surface area contributed by atoms with E-state index in [1.54, 1.807) is 0 Å². The molecule has 0 fully saturated rings. The highest BCUT2D eigenvalue weighted by molar-refractivity contribution is 5.02. The van der Waals surface area contributed by atoms with Gasteiger partial charge in [0.1, 0.15) is 0 Å². The topological polar surface area (TPSA) is 3.24 Å². The van der Waals surface area contributed by atoms with Crippen molar-refractivity contribution in [2.75, 3.05) is 20.6 Å². The van der Waals surface area contributed by atoms with E-state index in [9.17, 15) is 0 Å². The minimum Gasteiger partial charge on any atom is -0.309 e. The summed E-state index contributed by atoms with van der Waals surface area (Å²) in [7, 11) is 4.19. The van der Waals surface area contributed by atoms with Gasteiger partial charge in [0.05, 0.1) is 0 Å². The average Bonchev–Trinajstić information content (AvgIpc) is 1.86. The van der Waals surface area contributed by atoms with Crippen LogP contribution in [-0.4, -0.2) is 25.5 Å². The highest BCUT2D eigenvalue weighted by atomic mass is 15.0. The summed E-state index contributed by atoms with van der Waals surface area (Å²) in [6, 6.07) is 0. The second-order valence-electron chi connectivity index (χ2n) is 3.15. The van der Waals surface area contributed by atoms with E-state index >= 15 is 0 Å². The van der Waals surface area contributed by atoms with Crippen LogP contribution in [0.5, 0.6) is 0 Å². The fourth-order valence-corrected chi connectivity index (χ4v) is 1.00. The zero-order valence-corrected chi connectivity index (χ0v) is 8.04. The van der Waals surface area contributed by atoms with Crippen LogP contribution in [-0.2, 0) is 0 Å². The Labute approximate surface area is 70.4 Å². The first-order valence-corrected chi connectivity index (χ1v) is 4.11. The van der Waals surface area contributed by atoms with Gasteiger partial charge in [0.25, 0.3) is 0 Å². The fraction of sp³-hybridized carbons (Fsp3) is 0.600. The fourth-order valence-electron chi connectivity index (χ4n) is 1.00. The largest absolute Gasteiger partial charge is 0.309 e. The van der Waals surface area contributed by atoms with Gasteiger partial charge in [0, 0.05) is 6.54 Å². The van der Waals surface area contributed by atoms with E-state index < -0.39 is 0 Å². The number of rotatable bonds is 4. The van der Waals surface area contributed by atoms with Crippen LogP contribution in [0.4, 0.5) is 0 Å². The molecule has 0 spiro atoms. The van der Waals surface area contributed by atoms with Crippen molar-refractivity contribution in [3.8, 4) is 0 Å². The van der Waals surface area contributed by atoms with Gasteiger partial charge in [-0.3, -0.25) is 0 Å². The van der Waals surface area contributed by atoms with E-state index in [-0.39, 0.29) is 0 Å². The van der Waals surface area contributed by atoms with Crippen LogP contribution in [0, 0.1) is 5.92 Å². The molecule has 0 aliphatic heterocycles. The third kappa shape index (κ3) is 7.34. The van der Waals surface area contributed by atoms with Gasteiger partial charge in [-0.2, -0.15) is 0 Å². The first-order chi connectivity index (χ1) is 5.16. The lowest BCUT2D eigenvalue weighted by molar-refractivity contribution is 0.371. The molecule has 1 heteroatoms. The summed E-state index contributed by atoms with van der Waals surface area (Å²) >= 11 is 0. The van der Waals surface area contributed by atoms with Crippen molar-refractivity contribution in [1.82, 2.24) is 4.90 Å². The molecule has 0 radical (unpaired) electrons. The van der Waals surface area contributed by atoms with Crippen LogP contribution in [0.25, 0.3) is 0 Å². The molecule has 1 unspecified atom stereocenters. The van der Waals surface area contributed by atoms with Crippen LogP contribution in [0.1, 0.15) is 13.8 Å². The monoisotopic (exact) mass is 153 g/mol. The van der Waals surface area contributed by atoms with E-state index in [0.717, 1.165) is 6.54 Å². The van der Waals surface area contributed by atoms with Gasteiger partial charge < -0.3 is 4.90 Å². The van der Waals surface area contributed by atoms with E-state index in [0.29, 0.717) is 5.92 Å². The van der Waals surface area contributed by atoms with E-state index in [4.69, 9.17) is 0 Å². The molecule has 0 aromatic heterocycles. The van der Waals surface area contributed by atoms with Gasteiger partial charge >= 0.3 is 0 Å². The third-order valence-electron chi connectivity index (χ3n) is 1.40. The number of allylic oxidation sites excluding steroid dienone is 3. The normalized spacial score (nSPS) is 15.4. The first-order valence-electron chi connectivity index (χ1n) is 4.11. The Morgan fingerprint density at radius 1 is 1.27 bits per heavy atom. The zero-order chi connectivity index (χ0) is 8.69. The minimum absolute atomic E-state index is 0.640. The number of nitrogens with zero attached hydrogens (tertiary/aromatic N) is 1. The van der Waals surface area contributed by atoms with E-state index in [1.807, 2.05) is 13.0 Å². The Morgan fingerprint density at radius 3 is 2.36 bits per heavy atom. The van der Waals surface area contributed by atoms with Crippen LogP contribution < -0.4 is 0 Å². The zero-order valence-electron chi connectivity index (χ0n) is 8.04. The number of hydrogen-bond donors (Lipinski definition) is 0. The van der Waals surface area contributed by atoms with Gasteiger partial charge in [-0.05, 0) is 26.9 Å². The summed E-state index contributed by atoms with van der Waals surface area (Å²) in [4.78, 5) is 2.20. The van der Waals surface area contributed by atoms with Crippen molar-refractivity contribution in [2.24, 2.45) is 5.92 Å². The minimum atomic E-state index is 0.640. The molecule has 0 bridgehead atoms. The molecule has 0 N–H and O–H groups in total. The highest BCUT2D eigenvalue weighted by Gasteiger charge is 1.96. The van der Waals surface area contributed by atoms with E-state index in [2.05, 4.69) is 44.1 Å². The maximum absolute atomic E-state index is 2.22. The maximum Gasteiger partial charge on any atom is 0.00357 e. The molecule has 0 aromatic carbocycles. The molecular formula is C10H19N. The Kier molecular flexibility index (Phi) is 5.86. The lowest BCUT2D eigenvalue weighted by Gasteiger charge is -2.12. The predicted octanol–water partition coefficient (Wildman–Crippen LogP) is 2.32. The molecule has 0 saturated heterocycles. The van der Waals surface area contributed by atoms with Gasteiger partial charge in [-0.25, -0.2) is 0 Å². The average molecular weight is 153 g/mol. The second kappa shape index (κ2) is 6.17. The molecule has 0 aromatic rings. The second-order valence-corrected chi connectivity index (χ2v) is 3.15. The maximum atomic E-state index is 2.22. The molecule has 0 aliphatic rings. The predicted molar refractivity (Wildman–Crippen MR) is 51.7 cm³/mol. The standard InChI is InChI=1S/C10H19N/c1-5-6-7-8-10(2)9-11(3)4/h5-8,10H,9H2,1-4H3. The Hall–Kier alpha value is -0.560. The van der Waals surface area contributed by atoms with Crippen molar-refractivity contribution in [1.29, 1.82) is 0 Å². The Morgan fingerprint density at radius 2 is 1.91 bits per heavy atom. The molecule has 1 nitrogen and oxygen atoms in total. The summed E-state index contributed by atoms with van der Waals surface area (Å²) in [6.45, 7) is 5.37. The molecule has 0 heterocycles. The van der Waals surface area contributed by atoms with Gasteiger partial charge in [0.2, 0.25) is 0 Å². The molecule has 64 valence electrons. The quantitative estimate of drug-likeness (QED) is 0.560. The molecule has 0 rings (SSSR count). The van der Waals surface area contributed by atoms with Crippen molar-refractivity contribution in [2.45, 2.75) is 13.8 Å². The summed E-state index contributed by atoms with van der Waals surface area (Å²) in [5.41, 5.74) is 0. The molecule has 0 amide bonds. The van der Waals surface area contributed by atoms with Crippen LogP contribution in [0.3, 0.4) is 0 Å². The molecular weight excluding hydrogens is 134 g/mol. The SMILES string of the molecule is CC=CC=CC(C)CN(C)C. The Balaban J connectivity index is 3.59. The van der Waals surface area contributed by atoms with Crippen molar-refractivity contribution >= 4 is 0 Å². The highest BCUT2D eigenvalue weighted by Crippen LogP contribution is 1.98. The molecule has 0 saturated carbocycles. The summed E-state index contributed by atoms with van der Waals surface area (Å²) in [5.74, 6) is 0.640. The smallest absolute Gasteiger partial charge is 0.00357 e. The summed E-state index contributed by atoms with van der Waals surface area (Å²) in [5, 5.41) is 0. The lowest BCUT2D eigenvalue weighted by Crippen LogP contribution is -2.18. The number of hydrogen-bond acceptors (Lipinski definition) is 1. The lowest BCUT2D eigenvalue weighted by atomic mass is 10.1. The van der Waals surface area contributed by atoms with Gasteiger partial charge in [0.15, 0.2) is 0 Å². The van der Waals surface area contributed by atoms with Gasteiger partial charge in [-0.15, -0.1) is 0 Å². The van der Waals surface area contributed by atoms with Gasteiger partial charge in [-0.1, -0.05) is 31.2 Å². The third-order valence-corrected chi connectivity index (χ3v) is 1.40. The van der Waals surface area contributed by atoms with Crippen LogP contribution in [0.15, 0.2) is 24.3 Å². The molecule has 11 heavy (non-hydrogen) atoms. The van der Waals surface area contributed by atoms with Crippen LogP contribution in [0.2, 0.25) is 0 Å². The van der Waals surface area contributed by atoms with Crippen LogP contribution >= 0.6 is 0 Å². The first kappa shape index (κ1) is 10.4. The van der Waals surface area contributed by atoms with Crippen molar-refractivity contribution in [3.63, 3.8) is 0 Å².